The second-order valence-corrected chi connectivity index (χ2v) is 15.0. The van der Waals surface area contributed by atoms with E-state index in [9.17, 15) is 4.79 Å². The minimum absolute atomic E-state index is 0.00323. The predicted octanol–water partition coefficient (Wildman–Crippen LogP) is 0.516. The molecule has 9 rings (SSSR count). The first-order valence-corrected chi connectivity index (χ1v) is 16.9. The monoisotopic (exact) mass is 538 g/mol. The number of rotatable bonds is 0. The van der Waals surface area contributed by atoms with Crippen molar-refractivity contribution in [2.45, 2.75) is 125 Å². The summed E-state index contributed by atoms with van der Waals surface area (Å²) in [4.78, 5) is 14.7. The summed E-state index contributed by atoms with van der Waals surface area (Å²) in [6.07, 6.45) is 13.2. The average molecular weight is 539 g/mol. The van der Waals surface area contributed by atoms with Crippen LogP contribution in [0.25, 0.3) is 0 Å². The standard InChI is InChI=1S/C31H50N6O2/c38-31-23-21(13-34-19-11-17-7-5-15-3-1-9-32-25(15)27(17)36-29(19)23)39-22-14-35-20-12-18-8-6-16-4-2-10-33-26(16)28(18)37-30(20)24(22)31/h15-30,32-37H,1-14H2. The van der Waals surface area contributed by atoms with Crippen molar-refractivity contribution in [1.82, 2.24) is 31.9 Å². The Labute approximate surface area is 233 Å². The Morgan fingerprint density at radius 3 is 1.54 bits per heavy atom. The third-order valence-corrected chi connectivity index (χ3v) is 13.4. The minimum atomic E-state index is -0.0207. The van der Waals surface area contributed by atoms with Gasteiger partial charge in [0.1, 0.15) is 5.78 Å². The van der Waals surface area contributed by atoms with Crippen molar-refractivity contribution < 1.29 is 9.53 Å². The molecule has 2 aliphatic carbocycles. The van der Waals surface area contributed by atoms with Gasteiger partial charge in [0.25, 0.3) is 0 Å². The molecule has 39 heavy (non-hydrogen) atoms. The van der Waals surface area contributed by atoms with Crippen molar-refractivity contribution in [2.24, 2.45) is 35.5 Å². The van der Waals surface area contributed by atoms with Gasteiger partial charge >= 0.3 is 0 Å². The lowest BCUT2D eigenvalue weighted by molar-refractivity contribution is -0.179. The van der Waals surface area contributed by atoms with E-state index >= 15 is 0 Å². The van der Waals surface area contributed by atoms with Crippen LogP contribution >= 0.6 is 0 Å². The molecule has 7 aliphatic heterocycles. The Morgan fingerprint density at radius 2 is 1.03 bits per heavy atom. The predicted molar refractivity (Wildman–Crippen MR) is 149 cm³/mol. The highest BCUT2D eigenvalue weighted by molar-refractivity contribution is 5.87. The Balaban J connectivity index is 0.982. The first kappa shape index (κ1) is 24.9. The molecule has 8 nitrogen and oxygen atoms in total. The number of hydrogen-bond acceptors (Lipinski definition) is 8. The van der Waals surface area contributed by atoms with Crippen molar-refractivity contribution in [1.29, 1.82) is 0 Å². The first-order valence-electron chi connectivity index (χ1n) is 16.9. The normalized spacial score (nSPS) is 58.2. The maximum Gasteiger partial charge on any atom is 0.147 e. The van der Waals surface area contributed by atoms with Gasteiger partial charge in [0.2, 0.25) is 0 Å². The average Bonchev–Trinajstić information content (AvgIpc) is 2.98. The molecule has 0 radical (unpaired) electrons. The molecule has 7 saturated heterocycles. The summed E-state index contributed by atoms with van der Waals surface area (Å²) >= 11 is 0. The van der Waals surface area contributed by atoms with Crippen LogP contribution in [0.2, 0.25) is 0 Å². The smallest absolute Gasteiger partial charge is 0.147 e. The van der Waals surface area contributed by atoms with Gasteiger partial charge < -0.3 is 36.6 Å². The fourth-order valence-electron chi connectivity index (χ4n) is 11.7. The zero-order valence-electron chi connectivity index (χ0n) is 23.5. The molecule has 8 heteroatoms. The zero-order chi connectivity index (χ0) is 25.7. The van der Waals surface area contributed by atoms with Gasteiger partial charge in [-0.15, -0.1) is 0 Å². The highest BCUT2D eigenvalue weighted by Crippen LogP contribution is 2.46. The molecule has 0 amide bonds. The van der Waals surface area contributed by atoms with E-state index in [0.717, 1.165) is 49.9 Å². The van der Waals surface area contributed by atoms with Crippen LogP contribution in [0.5, 0.6) is 0 Å². The lowest BCUT2D eigenvalue weighted by Gasteiger charge is -2.60. The van der Waals surface area contributed by atoms with E-state index in [1.165, 1.54) is 64.2 Å². The van der Waals surface area contributed by atoms with Crippen LogP contribution in [-0.4, -0.2) is 92.5 Å². The molecule has 0 aromatic heterocycles. The van der Waals surface area contributed by atoms with E-state index in [4.69, 9.17) is 4.74 Å². The minimum Gasteiger partial charge on any atom is -0.371 e. The molecular weight excluding hydrogens is 488 g/mol. The van der Waals surface area contributed by atoms with Crippen LogP contribution in [0.3, 0.4) is 0 Å². The number of carbonyl (C=O) groups excluding carboxylic acids is 1. The summed E-state index contributed by atoms with van der Waals surface area (Å²) < 4.78 is 6.89. The van der Waals surface area contributed by atoms with Crippen molar-refractivity contribution in [2.75, 3.05) is 26.2 Å². The van der Waals surface area contributed by atoms with Gasteiger partial charge in [0, 0.05) is 61.4 Å². The maximum absolute atomic E-state index is 14.7. The summed E-state index contributed by atoms with van der Waals surface area (Å²) in [5, 5.41) is 23.9. The van der Waals surface area contributed by atoms with Crippen LogP contribution in [0.4, 0.5) is 0 Å². The van der Waals surface area contributed by atoms with Gasteiger partial charge in [-0.05, 0) is 101 Å². The molecule has 6 N–H and O–H groups in total. The van der Waals surface area contributed by atoms with Gasteiger partial charge in [-0.25, -0.2) is 0 Å². The molecule has 0 aromatic carbocycles. The molecule has 16 unspecified atom stereocenters. The number of carbonyl (C=O) groups is 1. The molecule has 0 aromatic rings. The topological polar surface area (TPSA) is 98.5 Å². The fourth-order valence-corrected chi connectivity index (χ4v) is 11.7. The Bertz CT molecular complexity index is 893. The zero-order valence-corrected chi connectivity index (χ0v) is 23.5. The van der Waals surface area contributed by atoms with E-state index in [2.05, 4.69) is 31.9 Å². The Morgan fingerprint density at radius 1 is 0.538 bits per heavy atom. The largest absolute Gasteiger partial charge is 0.371 e. The molecule has 7 heterocycles. The lowest BCUT2D eigenvalue weighted by Crippen LogP contribution is -2.79. The number of ketones is 1. The second kappa shape index (κ2) is 9.72. The molecule has 16 atom stereocenters. The first-order chi connectivity index (χ1) is 19.2. The van der Waals surface area contributed by atoms with Gasteiger partial charge in [0.05, 0.1) is 24.0 Å². The summed E-state index contributed by atoms with van der Waals surface area (Å²) in [5.74, 6) is 3.51. The lowest BCUT2D eigenvalue weighted by atomic mass is 9.61. The van der Waals surface area contributed by atoms with Crippen LogP contribution in [0, 0.1) is 35.5 Å². The molecular formula is C31H50N6O2. The number of ether oxygens (including phenoxy) is 1. The summed E-state index contributed by atoms with van der Waals surface area (Å²) in [6, 6.07) is 3.34. The van der Waals surface area contributed by atoms with E-state index in [1.807, 2.05) is 0 Å². The number of Topliss-reactive ketones (excluding diaryl/α,β-unsaturated/α-hetero) is 1. The van der Waals surface area contributed by atoms with Crippen molar-refractivity contribution >= 4 is 5.78 Å². The van der Waals surface area contributed by atoms with Gasteiger partial charge in [-0.3, -0.25) is 4.79 Å². The van der Waals surface area contributed by atoms with Crippen molar-refractivity contribution in [3.8, 4) is 0 Å². The summed E-state index contributed by atoms with van der Waals surface area (Å²) in [5.41, 5.74) is 0. The van der Waals surface area contributed by atoms with E-state index in [0.29, 0.717) is 42.0 Å². The highest BCUT2D eigenvalue weighted by atomic mass is 16.5. The molecule has 0 spiro atoms. The third kappa shape index (κ3) is 3.91. The summed E-state index contributed by atoms with van der Waals surface area (Å²) in [7, 11) is 0. The van der Waals surface area contributed by atoms with Crippen LogP contribution < -0.4 is 31.9 Å². The molecule has 9 fully saturated rings. The Hall–Kier alpha value is -0.610. The van der Waals surface area contributed by atoms with E-state index in [1.54, 1.807) is 0 Å². The molecule has 9 aliphatic rings. The van der Waals surface area contributed by atoms with Gasteiger partial charge in [-0.2, -0.15) is 0 Å². The van der Waals surface area contributed by atoms with Crippen LogP contribution in [0.1, 0.15) is 64.2 Å². The highest BCUT2D eigenvalue weighted by Gasteiger charge is 2.60. The number of hydrogen-bond donors (Lipinski definition) is 6. The maximum atomic E-state index is 14.7. The van der Waals surface area contributed by atoms with Gasteiger partial charge in [-0.1, -0.05) is 0 Å². The molecule has 0 bridgehead atoms. The third-order valence-electron chi connectivity index (χ3n) is 13.4. The molecule has 216 valence electrons. The summed E-state index contributed by atoms with van der Waals surface area (Å²) in [6.45, 7) is 3.95. The SMILES string of the molecule is O=C1C2C(CNC3CC4CCC5CCCNC5C4NC32)OC2CNC3CC4CCC5CCCNC5C4NC3C12. The quantitative estimate of drug-likeness (QED) is 0.266. The number of nitrogens with one attached hydrogen (secondary N) is 6. The Kier molecular flexibility index (Phi) is 6.21. The fraction of sp³-hybridized carbons (Fsp3) is 0.968. The van der Waals surface area contributed by atoms with Crippen molar-refractivity contribution in [3.63, 3.8) is 0 Å². The molecule has 2 saturated carbocycles. The van der Waals surface area contributed by atoms with Crippen molar-refractivity contribution in [3.05, 3.63) is 0 Å². The number of piperidine rings is 6. The van der Waals surface area contributed by atoms with E-state index < -0.39 is 0 Å². The number of fused-ring (bicyclic) bond motifs is 12. The van der Waals surface area contributed by atoms with E-state index in [-0.39, 0.29) is 36.1 Å². The second-order valence-electron chi connectivity index (χ2n) is 15.0. The van der Waals surface area contributed by atoms with Crippen LogP contribution in [-0.2, 0) is 9.53 Å². The van der Waals surface area contributed by atoms with Gasteiger partial charge in [0.15, 0.2) is 0 Å². The van der Waals surface area contributed by atoms with Crippen LogP contribution in [0.15, 0.2) is 0 Å².